The molecule has 0 aliphatic heterocycles. The van der Waals surface area contributed by atoms with E-state index in [0.29, 0.717) is 29.5 Å². The fourth-order valence-corrected chi connectivity index (χ4v) is 2.00. The molecule has 0 aliphatic rings. The second-order valence-electron chi connectivity index (χ2n) is 5.17. The lowest BCUT2D eigenvalue weighted by molar-refractivity contribution is 0.214. The van der Waals surface area contributed by atoms with Gasteiger partial charge in [0.15, 0.2) is 0 Å². The number of benzene rings is 1. The molecule has 0 spiro atoms. The zero-order chi connectivity index (χ0) is 15.8. The van der Waals surface area contributed by atoms with Crippen LogP contribution < -0.4 is 20.1 Å². The largest absolute Gasteiger partial charge is 0.497 e. The third-order valence-corrected chi connectivity index (χ3v) is 2.97. The molecule has 0 heterocycles. The van der Waals surface area contributed by atoms with E-state index < -0.39 is 0 Å². The summed E-state index contributed by atoms with van der Waals surface area (Å²) in [4.78, 5) is 12.0. The van der Waals surface area contributed by atoms with Gasteiger partial charge < -0.3 is 25.2 Å². The molecule has 118 valence electrons. The van der Waals surface area contributed by atoms with Crippen molar-refractivity contribution in [2.24, 2.45) is 5.92 Å². The topological polar surface area (TPSA) is 79.8 Å². The van der Waals surface area contributed by atoms with Crippen LogP contribution in [0.25, 0.3) is 0 Å². The van der Waals surface area contributed by atoms with Gasteiger partial charge in [-0.1, -0.05) is 13.8 Å². The molecule has 1 aromatic carbocycles. The average Bonchev–Trinajstić information content (AvgIpc) is 2.45. The Morgan fingerprint density at radius 1 is 1.29 bits per heavy atom. The molecule has 2 amide bonds. The maximum absolute atomic E-state index is 12.0. The van der Waals surface area contributed by atoms with E-state index in [1.54, 1.807) is 25.3 Å². The molecule has 1 aromatic rings. The highest BCUT2D eigenvalue weighted by atomic mass is 16.5. The smallest absolute Gasteiger partial charge is 0.319 e. The number of ether oxygens (including phenoxy) is 2. The first-order chi connectivity index (χ1) is 9.99. The van der Waals surface area contributed by atoms with E-state index in [4.69, 9.17) is 9.47 Å². The van der Waals surface area contributed by atoms with E-state index >= 15 is 0 Å². The Morgan fingerprint density at radius 3 is 2.52 bits per heavy atom. The van der Waals surface area contributed by atoms with Crippen LogP contribution in [0.4, 0.5) is 10.5 Å². The highest BCUT2D eigenvalue weighted by molar-refractivity contribution is 5.91. The third kappa shape index (κ3) is 5.51. The normalized spacial score (nSPS) is 11.9. The van der Waals surface area contributed by atoms with Crippen LogP contribution in [-0.2, 0) is 0 Å². The quantitative estimate of drug-likeness (QED) is 0.721. The van der Waals surface area contributed by atoms with Crippen molar-refractivity contribution in [2.45, 2.75) is 26.3 Å². The van der Waals surface area contributed by atoms with E-state index in [1.165, 1.54) is 7.11 Å². The second kappa shape index (κ2) is 8.36. The molecule has 3 N–H and O–H groups in total. The van der Waals surface area contributed by atoms with Gasteiger partial charge >= 0.3 is 6.03 Å². The first-order valence-electron chi connectivity index (χ1n) is 6.90. The van der Waals surface area contributed by atoms with Crippen LogP contribution in [0.2, 0.25) is 0 Å². The van der Waals surface area contributed by atoms with E-state index in [-0.39, 0.29) is 18.7 Å². The number of carbonyl (C=O) groups is 1. The molecular formula is C15H24N2O4. The Kier molecular flexibility index (Phi) is 6.81. The SMILES string of the molecule is COc1ccc(OC)c(NC(=O)NC(CO)CC(C)C)c1. The lowest BCUT2D eigenvalue weighted by Gasteiger charge is -2.19. The zero-order valence-electron chi connectivity index (χ0n) is 13.0. The van der Waals surface area contributed by atoms with Crippen molar-refractivity contribution in [1.82, 2.24) is 5.32 Å². The first-order valence-corrected chi connectivity index (χ1v) is 6.90. The van der Waals surface area contributed by atoms with Gasteiger partial charge in [0.1, 0.15) is 11.5 Å². The summed E-state index contributed by atoms with van der Waals surface area (Å²) in [6.45, 7) is 3.97. The number of methoxy groups -OCH3 is 2. The van der Waals surface area contributed by atoms with Gasteiger partial charge in [0.05, 0.1) is 32.6 Å². The summed E-state index contributed by atoms with van der Waals surface area (Å²) in [6, 6.07) is 4.47. The van der Waals surface area contributed by atoms with Crippen LogP contribution in [0.5, 0.6) is 11.5 Å². The number of carbonyl (C=O) groups excluding carboxylic acids is 1. The Labute approximate surface area is 125 Å². The first kappa shape index (κ1) is 17.1. The molecular weight excluding hydrogens is 272 g/mol. The summed E-state index contributed by atoms with van der Waals surface area (Å²) in [6.07, 6.45) is 0.708. The van der Waals surface area contributed by atoms with Crippen molar-refractivity contribution in [2.75, 3.05) is 26.1 Å². The molecule has 6 heteroatoms. The molecule has 0 radical (unpaired) electrons. The fourth-order valence-electron chi connectivity index (χ4n) is 2.00. The van der Waals surface area contributed by atoms with Crippen molar-refractivity contribution in [3.05, 3.63) is 18.2 Å². The molecule has 1 atom stereocenters. The highest BCUT2D eigenvalue weighted by Gasteiger charge is 2.14. The molecule has 0 aromatic heterocycles. The van der Waals surface area contributed by atoms with Crippen LogP contribution in [0.3, 0.4) is 0 Å². The average molecular weight is 296 g/mol. The Balaban J connectivity index is 2.73. The molecule has 1 unspecified atom stereocenters. The Hall–Kier alpha value is -1.95. The Bertz CT molecular complexity index is 463. The minimum atomic E-state index is -0.388. The minimum absolute atomic E-state index is 0.0964. The van der Waals surface area contributed by atoms with E-state index in [0.717, 1.165) is 0 Å². The Morgan fingerprint density at radius 2 is 2.00 bits per heavy atom. The number of amides is 2. The van der Waals surface area contributed by atoms with Gasteiger partial charge in [-0.3, -0.25) is 0 Å². The van der Waals surface area contributed by atoms with E-state index in [9.17, 15) is 9.90 Å². The fraction of sp³-hybridized carbons (Fsp3) is 0.533. The lowest BCUT2D eigenvalue weighted by atomic mass is 10.0. The van der Waals surface area contributed by atoms with Crippen molar-refractivity contribution >= 4 is 11.7 Å². The van der Waals surface area contributed by atoms with Crippen molar-refractivity contribution < 1.29 is 19.4 Å². The standard InChI is InChI=1S/C15H24N2O4/c1-10(2)7-11(9-18)16-15(19)17-13-8-12(20-3)5-6-14(13)21-4/h5-6,8,10-11,18H,7,9H2,1-4H3,(H2,16,17,19). The number of aliphatic hydroxyl groups is 1. The van der Waals surface area contributed by atoms with Crippen LogP contribution in [0.15, 0.2) is 18.2 Å². The third-order valence-electron chi connectivity index (χ3n) is 2.97. The lowest BCUT2D eigenvalue weighted by Crippen LogP contribution is -2.41. The summed E-state index contributed by atoms with van der Waals surface area (Å²) < 4.78 is 10.3. The van der Waals surface area contributed by atoms with Crippen LogP contribution in [-0.4, -0.2) is 38.0 Å². The monoisotopic (exact) mass is 296 g/mol. The summed E-state index contributed by atoms with van der Waals surface area (Å²) in [7, 11) is 3.08. The minimum Gasteiger partial charge on any atom is -0.497 e. The predicted molar refractivity (Wildman–Crippen MR) is 82.0 cm³/mol. The molecule has 0 fully saturated rings. The molecule has 1 rings (SSSR count). The van der Waals surface area contributed by atoms with Gasteiger partial charge in [-0.2, -0.15) is 0 Å². The van der Waals surface area contributed by atoms with Crippen LogP contribution in [0.1, 0.15) is 20.3 Å². The molecule has 0 saturated carbocycles. The van der Waals surface area contributed by atoms with Crippen molar-refractivity contribution in [3.8, 4) is 11.5 Å². The number of rotatable bonds is 7. The summed E-state index contributed by atoms with van der Waals surface area (Å²) in [5.41, 5.74) is 0.510. The maximum Gasteiger partial charge on any atom is 0.319 e. The molecule has 0 saturated heterocycles. The molecule has 21 heavy (non-hydrogen) atoms. The van der Waals surface area contributed by atoms with Gasteiger partial charge in [0.25, 0.3) is 0 Å². The van der Waals surface area contributed by atoms with E-state index in [1.807, 2.05) is 13.8 Å². The van der Waals surface area contributed by atoms with Gasteiger partial charge in [-0.05, 0) is 24.5 Å². The number of hydrogen-bond donors (Lipinski definition) is 3. The number of aliphatic hydroxyl groups excluding tert-OH is 1. The molecule has 0 bridgehead atoms. The maximum atomic E-state index is 12.0. The summed E-state index contributed by atoms with van der Waals surface area (Å²) in [5.74, 6) is 1.54. The summed E-state index contributed by atoms with van der Waals surface area (Å²) >= 11 is 0. The molecule has 6 nitrogen and oxygen atoms in total. The number of hydrogen-bond acceptors (Lipinski definition) is 4. The zero-order valence-corrected chi connectivity index (χ0v) is 13.0. The number of anilines is 1. The molecule has 0 aliphatic carbocycles. The second-order valence-corrected chi connectivity index (χ2v) is 5.17. The van der Waals surface area contributed by atoms with Crippen LogP contribution >= 0.6 is 0 Å². The summed E-state index contributed by atoms with van der Waals surface area (Å²) in [5, 5.41) is 14.7. The van der Waals surface area contributed by atoms with Crippen molar-refractivity contribution in [1.29, 1.82) is 0 Å². The van der Waals surface area contributed by atoms with Gasteiger partial charge in [-0.25, -0.2) is 4.79 Å². The predicted octanol–water partition coefficient (Wildman–Crippen LogP) is 2.23. The van der Waals surface area contributed by atoms with Gasteiger partial charge in [-0.15, -0.1) is 0 Å². The van der Waals surface area contributed by atoms with Crippen LogP contribution in [0, 0.1) is 5.92 Å². The highest BCUT2D eigenvalue weighted by Crippen LogP contribution is 2.28. The van der Waals surface area contributed by atoms with E-state index in [2.05, 4.69) is 10.6 Å². The van der Waals surface area contributed by atoms with Gasteiger partial charge in [0.2, 0.25) is 0 Å². The van der Waals surface area contributed by atoms with Gasteiger partial charge in [0, 0.05) is 6.07 Å². The number of urea groups is 1. The van der Waals surface area contributed by atoms with Crippen molar-refractivity contribution in [3.63, 3.8) is 0 Å². The number of nitrogens with one attached hydrogen (secondary N) is 2.